The second-order valence-corrected chi connectivity index (χ2v) is 9.27. The molecule has 2 aliphatic heterocycles. The molecule has 7 heteroatoms. The van der Waals surface area contributed by atoms with Crippen molar-refractivity contribution >= 4 is 17.9 Å². The van der Waals surface area contributed by atoms with Gasteiger partial charge >= 0.3 is 17.9 Å². The minimum Gasteiger partial charge on any atom is -0.458 e. The van der Waals surface area contributed by atoms with Crippen LogP contribution in [0.15, 0.2) is 46.6 Å². The maximum atomic E-state index is 12.6. The van der Waals surface area contributed by atoms with Crippen molar-refractivity contribution in [1.82, 2.24) is 0 Å². The lowest BCUT2D eigenvalue weighted by atomic mass is 9.80. The number of ether oxygens (including phenoxy) is 4. The third-order valence-electron chi connectivity index (χ3n) is 7.42. The van der Waals surface area contributed by atoms with E-state index >= 15 is 0 Å². The third kappa shape index (κ3) is 3.25. The monoisotopic (exact) mass is 442 g/mol. The van der Waals surface area contributed by atoms with Gasteiger partial charge in [0.2, 0.25) is 0 Å². The SMILES string of the molecule is C=C1C(=O)OC2C1C(OC(=O)C(C)=CC)CC(C)=C1C(OC(=O)C(C)=CC)C3OC3(C)C12. The fraction of sp³-hybridized carbons (Fsp3) is 0.560. The Bertz CT molecular complexity index is 1000. The average molecular weight is 443 g/mol. The van der Waals surface area contributed by atoms with Crippen LogP contribution in [0.25, 0.3) is 0 Å². The zero-order valence-corrected chi connectivity index (χ0v) is 19.4. The Labute approximate surface area is 188 Å². The molecule has 0 amide bonds. The second-order valence-electron chi connectivity index (χ2n) is 9.27. The van der Waals surface area contributed by atoms with Crippen LogP contribution in [-0.2, 0) is 33.3 Å². The molecule has 172 valence electrons. The lowest BCUT2D eigenvalue weighted by molar-refractivity contribution is -0.150. The number of carbonyl (C=O) groups excluding carboxylic acids is 3. The molecule has 2 saturated heterocycles. The highest BCUT2D eigenvalue weighted by atomic mass is 16.7. The fourth-order valence-corrected chi connectivity index (χ4v) is 5.29. The van der Waals surface area contributed by atoms with Gasteiger partial charge in [-0.15, -0.1) is 0 Å². The molecule has 0 spiro atoms. The number of hydrogen-bond donors (Lipinski definition) is 0. The summed E-state index contributed by atoms with van der Waals surface area (Å²) in [5, 5.41) is 0. The maximum absolute atomic E-state index is 12.6. The van der Waals surface area contributed by atoms with Gasteiger partial charge in [-0.05, 0) is 47.1 Å². The highest BCUT2D eigenvalue weighted by molar-refractivity contribution is 5.92. The summed E-state index contributed by atoms with van der Waals surface area (Å²) < 4.78 is 23.6. The molecule has 7 atom stereocenters. The summed E-state index contributed by atoms with van der Waals surface area (Å²) in [6, 6.07) is 0. The summed E-state index contributed by atoms with van der Waals surface area (Å²) in [5.74, 6) is -2.14. The minimum atomic E-state index is -0.628. The Balaban J connectivity index is 1.75. The van der Waals surface area contributed by atoms with E-state index in [0.717, 1.165) is 11.1 Å². The van der Waals surface area contributed by atoms with Crippen LogP contribution >= 0.6 is 0 Å². The van der Waals surface area contributed by atoms with Gasteiger partial charge in [-0.2, -0.15) is 0 Å². The first-order valence-electron chi connectivity index (χ1n) is 11.0. The topological polar surface area (TPSA) is 91.4 Å². The van der Waals surface area contributed by atoms with Crippen LogP contribution in [0.5, 0.6) is 0 Å². The zero-order valence-electron chi connectivity index (χ0n) is 19.4. The van der Waals surface area contributed by atoms with E-state index in [0.29, 0.717) is 23.1 Å². The van der Waals surface area contributed by atoms with E-state index in [1.54, 1.807) is 39.8 Å². The predicted octanol–water partition coefficient (Wildman–Crippen LogP) is 3.35. The second kappa shape index (κ2) is 7.73. The van der Waals surface area contributed by atoms with E-state index in [2.05, 4.69) is 6.58 Å². The first-order valence-corrected chi connectivity index (χ1v) is 11.0. The van der Waals surface area contributed by atoms with E-state index in [4.69, 9.17) is 18.9 Å². The minimum absolute atomic E-state index is 0.297. The lowest BCUT2D eigenvalue weighted by Crippen LogP contribution is -2.40. The Morgan fingerprint density at radius 3 is 2.31 bits per heavy atom. The van der Waals surface area contributed by atoms with E-state index in [1.165, 1.54) is 0 Å². The van der Waals surface area contributed by atoms with Crippen LogP contribution in [-0.4, -0.2) is 47.9 Å². The van der Waals surface area contributed by atoms with Crippen LogP contribution < -0.4 is 0 Å². The van der Waals surface area contributed by atoms with Crippen molar-refractivity contribution in [3.05, 3.63) is 46.6 Å². The van der Waals surface area contributed by atoms with Gasteiger partial charge in [0.1, 0.15) is 23.9 Å². The number of carbonyl (C=O) groups is 3. The molecular formula is C25H30O7. The first-order chi connectivity index (χ1) is 15.0. The normalized spacial score (nSPS) is 38.4. The van der Waals surface area contributed by atoms with E-state index < -0.39 is 47.7 Å². The van der Waals surface area contributed by atoms with Crippen molar-refractivity contribution in [3.8, 4) is 0 Å². The molecule has 2 aliphatic carbocycles. The Morgan fingerprint density at radius 2 is 1.72 bits per heavy atom. The fourth-order valence-electron chi connectivity index (χ4n) is 5.29. The van der Waals surface area contributed by atoms with Crippen molar-refractivity contribution in [1.29, 1.82) is 0 Å². The molecule has 0 N–H and O–H groups in total. The molecule has 4 aliphatic rings. The van der Waals surface area contributed by atoms with Gasteiger partial charge in [-0.3, -0.25) is 0 Å². The van der Waals surface area contributed by atoms with Crippen LogP contribution in [0.3, 0.4) is 0 Å². The molecule has 0 aromatic heterocycles. The Hall–Kier alpha value is -2.67. The van der Waals surface area contributed by atoms with E-state index in [9.17, 15) is 14.4 Å². The summed E-state index contributed by atoms with van der Waals surface area (Å²) in [6.07, 6.45) is 1.68. The van der Waals surface area contributed by atoms with Crippen LogP contribution in [0.4, 0.5) is 0 Å². The number of epoxide rings is 1. The third-order valence-corrected chi connectivity index (χ3v) is 7.42. The van der Waals surface area contributed by atoms with Gasteiger partial charge in [0, 0.05) is 23.1 Å². The van der Waals surface area contributed by atoms with Gasteiger partial charge in [0.15, 0.2) is 6.10 Å². The molecule has 0 radical (unpaired) electrons. The molecule has 2 heterocycles. The van der Waals surface area contributed by atoms with Crippen molar-refractivity contribution < 1.29 is 33.3 Å². The first kappa shape index (κ1) is 22.5. The molecule has 4 rings (SSSR count). The quantitative estimate of drug-likeness (QED) is 0.217. The molecule has 0 bridgehead atoms. The number of hydrogen-bond acceptors (Lipinski definition) is 7. The lowest BCUT2D eigenvalue weighted by Gasteiger charge is -2.30. The number of rotatable bonds is 4. The molecule has 0 aromatic carbocycles. The summed E-state index contributed by atoms with van der Waals surface area (Å²) in [4.78, 5) is 37.7. The van der Waals surface area contributed by atoms with E-state index in [-0.39, 0.29) is 12.0 Å². The smallest absolute Gasteiger partial charge is 0.334 e. The van der Waals surface area contributed by atoms with Gasteiger partial charge in [0.05, 0.1) is 11.8 Å². The largest absolute Gasteiger partial charge is 0.458 e. The van der Waals surface area contributed by atoms with Crippen molar-refractivity contribution in [2.24, 2.45) is 11.8 Å². The van der Waals surface area contributed by atoms with Gasteiger partial charge < -0.3 is 18.9 Å². The Morgan fingerprint density at radius 1 is 1.12 bits per heavy atom. The summed E-state index contributed by atoms with van der Waals surface area (Å²) in [5.41, 5.74) is 2.52. The van der Waals surface area contributed by atoms with Gasteiger partial charge in [-0.1, -0.05) is 24.3 Å². The highest BCUT2D eigenvalue weighted by Crippen LogP contribution is 2.63. The number of allylic oxidation sites excluding steroid dienone is 2. The molecule has 3 fully saturated rings. The highest BCUT2D eigenvalue weighted by Gasteiger charge is 2.75. The van der Waals surface area contributed by atoms with Gasteiger partial charge in [-0.25, -0.2) is 14.4 Å². The van der Waals surface area contributed by atoms with Crippen LogP contribution in [0, 0.1) is 11.8 Å². The molecular weight excluding hydrogens is 412 g/mol. The number of fused-ring (bicyclic) bond motifs is 5. The summed E-state index contributed by atoms with van der Waals surface area (Å²) >= 11 is 0. The Kier molecular flexibility index (Phi) is 5.44. The summed E-state index contributed by atoms with van der Waals surface area (Å²) in [7, 11) is 0. The zero-order chi connectivity index (χ0) is 23.5. The predicted molar refractivity (Wildman–Crippen MR) is 115 cm³/mol. The van der Waals surface area contributed by atoms with Crippen LogP contribution in [0.2, 0.25) is 0 Å². The van der Waals surface area contributed by atoms with Crippen LogP contribution in [0.1, 0.15) is 48.0 Å². The molecule has 32 heavy (non-hydrogen) atoms. The standard InChI is InChI=1S/C25H30O7/c1-8-11(3)22(26)29-15-10-13(5)16-18(19-17(15)14(6)24(28)30-19)25(7)21(32-25)20(16)31-23(27)12(4)9-2/h8-9,15,17-21H,6,10H2,1-5,7H3. The molecule has 7 nitrogen and oxygen atoms in total. The van der Waals surface area contributed by atoms with Crippen molar-refractivity contribution in [3.63, 3.8) is 0 Å². The van der Waals surface area contributed by atoms with E-state index in [1.807, 2.05) is 13.8 Å². The summed E-state index contributed by atoms with van der Waals surface area (Å²) in [6.45, 7) is 14.8. The molecule has 7 unspecified atom stereocenters. The maximum Gasteiger partial charge on any atom is 0.334 e. The molecule has 0 aromatic rings. The van der Waals surface area contributed by atoms with Gasteiger partial charge in [0.25, 0.3) is 0 Å². The number of esters is 3. The molecule has 1 saturated carbocycles. The van der Waals surface area contributed by atoms with Crippen molar-refractivity contribution in [2.75, 3.05) is 0 Å². The van der Waals surface area contributed by atoms with Crippen molar-refractivity contribution in [2.45, 2.75) is 78.0 Å². The average Bonchev–Trinajstić information content (AvgIpc) is 3.30.